The molecule has 0 unspecified atom stereocenters. The molecule has 1 fully saturated rings. The van der Waals surface area contributed by atoms with Gasteiger partial charge in [-0.2, -0.15) is 0 Å². The lowest BCUT2D eigenvalue weighted by molar-refractivity contribution is -0.117. The summed E-state index contributed by atoms with van der Waals surface area (Å²) in [6.45, 7) is 0.250. The summed E-state index contributed by atoms with van der Waals surface area (Å²) in [6, 6.07) is 16.0. The van der Waals surface area contributed by atoms with Gasteiger partial charge in [0.25, 0.3) is 5.91 Å². The molecule has 4 rings (SSSR count). The number of anilines is 2. The van der Waals surface area contributed by atoms with E-state index in [0.717, 1.165) is 17.7 Å². The molecule has 1 heterocycles. The van der Waals surface area contributed by atoms with Crippen molar-refractivity contribution in [2.45, 2.75) is 6.61 Å². The van der Waals surface area contributed by atoms with Crippen molar-refractivity contribution in [3.05, 3.63) is 66.0 Å². The molecule has 2 amide bonds. The smallest absolute Gasteiger partial charge is 0.251 e. The number of rotatable bonds is 6. The molecule has 0 radical (unpaired) electrons. The lowest BCUT2D eigenvalue weighted by Gasteiger charge is -2.21. The van der Waals surface area contributed by atoms with E-state index in [-0.39, 0.29) is 36.5 Å². The summed E-state index contributed by atoms with van der Waals surface area (Å²) < 4.78 is 25.6. The van der Waals surface area contributed by atoms with E-state index in [1.165, 1.54) is 4.31 Å². The quantitative estimate of drug-likeness (QED) is 0.439. The first-order chi connectivity index (χ1) is 14.5. The molecule has 0 aromatic heterocycles. The van der Waals surface area contributed by atoms with E-state index < -0.39 is 5.82 Å². The summed E-state index contributed by atoms with van der Waals surface area (Å²) in [7, 11) is 0. The van der Waals surface area contributed by atoms with Crippen molar-refractivity contribution in [1.82, 2.24) is 4.72 Å². The molecule has 1 aliphatic rings. The first-order valence-electron chi connectivity index (χ1n) is 9.07. The summed E-state index contributed by atoms with van der Waals surface area (Å²) in [5.41, 5.74) is 1.62. The van der Waals surface area contributed by atoms with Gasteiger partial charge in [0.15, 0.2) is 5.82 Å². The fraction of sp³-hybridized carbons (Fsp3) is 0.143. The lowest BCUT2D eigenvalue weighted by Crippen LogP contribution is -2.17. The number of carbonyl (C=O) groups excluding carboxylic acids is 2. The number of nitrogens with zero attached hydrogens (tertiary/aromatic N) is 1. The molecule has 9 heteroatoms. The SMILES string of the molecule is O=C1CN(c2c(OCc3ccccc3)cc3cc(NC(=O)CCl)ccc3c2F)SN1. The molecule has 0 saturated carbocycles. The van der Waals surface area contributed by atoms with Crippen molar-refractivity contribution < 1.29 is 18.7 Å². The Morgan fingerprint density at radius 3 is 2.73 bits per heavy atom. The summed E-state index contributed by atoms with van der Waals surface area (Å²) in [5.74, 6) is -0.952. The van der Waals surface area contributed by atoms with Crippen molar-refractivity contribution >= 4 is 57.7 Å². The molecule has 3 aromatic rings. The van der Waals surface area contributed by atoms with Crippen molar-refractivity contribution in [1.29, 1.82) is 0 Å². The molecular formula is C21H17ClFN3O3S. The van der Waals surface area contributed by atoms with Crippen molar-refractivity contribution in [3.8, 4) is 5.75 Å². The molecule has 154 valence electrons. The standard InChI is InChI=1S/C21H17ClFN3O3S/c22-10-18(27)24-15-6-7-16-14(8-15)9-17(29-12-13-4-2-1-3-5-13)21(20(16)23)26-11-19(28)25-30-26/h1-9H,10-12H2,(H,24,27)(H,25,28). The van der Waals surface area contributed by atoms with Crippen LogP contribution in [-0.2, 0) is 16.2 Å². The first kappa shape index (κ1) is 20.3. The maximum atomic E-state index is 15.5. The molecular weight excluding hydrogens is 429 g/mol. The van der Waals surface area contributed by atoms with Crippen molar-refractivity contribution in [3.63, 3.8) is 0 Å². The van der Waals surface area contributed by atoms with Gasteiger partial charge in [0, 0.05) is 11.1 Å². The van der Waals surface area contributed by atoms with E-state index in [0.29, 0.717) is 22.2 Å². The van der Waals surface area contributed by atoms with Gasteiger partial charge in [-0.25, -0.2) is 4.39 Å². The van der Waals surface area contributed by atoms with Gasteiger partial charge >= 0.3 is 0 Å². The van der Waals surface area contributed by atoms with E-state index in [2.05, 4.69) is 10.0 Å². The first-order valence-corrected chi connectivity index (χ1v) is 10.4. The van der Waals surface area contributed by atoms with Crippen LogP contribution in [0.15, 0.2) is 54.6 Å². The number of hydrogen-bond acceptors (Lipinski definition) is 5. The highest BCUT2D eigenvalue weighted by atomic mass is 35.5. The third kappa shape index (κ3) is 4.29. The van der Waals surface area contributed by atoms with E-state index >= 15 is 4.39 Å². The molecule has 1 saturated heterocycles. The van der Waals surface area contributed by atoms with Crippen LogP contribution in [0.2, 0.25) is 0 Å². The topological polar surface area (TPSA) is 70.7 Å². The maximum absolute atomic E-state index is 15.5. The van der Waals surface area contributed by atoms with E-state index in [1.807, 2.05) is 30.3 Å². The number of halogens is 2. The van der Waals surface area contributed by atoms with E-state index in [4.69, 9.17) is 16.3 Å². The predicted octanol–water partition coefficient (Wildman–Crippen LogP) is 4.23. The summed E-state index contributed by atoms with van der Waals surface area (Å²) in [6.07, 6.45) is 0. The minimum absolute atomic E-state index is 0.0126. The Kier molecular flexibility index (Phi) is 5.96. The number of hydrogen-bond donors (Lipinski definition) is 2. The Balaban J connectivity index is 1.75. The number of ether oxygens (including phenoxy) is 1. The highest BCUT2D eigenvalue weighted by Crippen LogP contribution is 2.41. The number of nitrogens with one attached hydrogen (secondary N) is 2. The van der Waals surface area contributed by atoms with Gasteiger partial charge in [0.05, 0.1) is 12.1 Å². The zero-order valence-electron chi connectivity index (χ0n) is 15.7. The van der Waals surface area contributed by atoms with Gasteiger partial charge in [-0.15, -0.1) is 11.6 Å². The van der Waals surface area contributed by atoms with E-state index in [9.17, 15) is 9.59 Å². The Bertz CT molecular complexity index is 1110. The second kappa shape index (κ2) is 8.81. The van der Waals surface area contributed by atoms with Gasteiger partial charge in [-0.3, -0.25) is 18.6 Å². The van der Waals surface area contributed by atoms with Crippen molar-refractivity contribution in [2.24, 2.45) is 0 Å². The van der Waals surface area contributed by atoms with Gasteiger partial charge in [0.2, 0.25) is 5.91 Å². The molecule has 0 aliphatic carbocycles. The fourth-order valence-electron chi connectivity index (χ4n) is 3.10. The Morgan fingerprint density at radius 2 is 2.03 bits per heavy atom. The highest BCUT2D eigenvalue weighted by Gasteiger charge is 2.28. The zero-order chi connectivity index (χ0) is 21.1. The number of benzene rings is 3. The lowest BCUT2D eigenvalue weighted by atomic mass is 10.1. The van der Waals surface area contributed by atoms with Crippen LogP contribution >= 0.6 is 23.7 Å². The van der Waals surface area contributed by atoms with Crippen LogP contribution in [-0.4, -0.2) is 24.2 Å². The van der Waals surface area contributed by atoms with E-state index in [1.54, 1.807) is 24.3 Å². The summed E-state index contributed by atoms with van der Waals surface area (Å²) in [5, 5.41) is 3.55. The predicted molar refractivity (Wildman–Crippen MR) is 117 cm³/mol. The van der Waals surface area contributed by atoms with Crippen LogP contribution in [0.25, 0.3) is 10.8 Å². The Hall–Kier alpha value is -2.97. The largest absolute Gasteiger partial charge is 0.487 e. The summed E-state index contributed by atoms with van der Waals surface area (Å²) >= 11 is 6.56. The molecule has 2 N–H and O–H groups in total. The molecule has 1 aliphatic heterocycles. The van der Waals surface area contributed by atoms with Crippen LogP contribution in [0.5, 0.6) is 5.75 Å². The third-order valence-electron chi connectivity index (χ3n) is 4.46. The third-order valence-corrected chi connectivity index (χ3v) is 5.56. The Labute approximate surface area is 181 Å². The number of fused-ring (bicyclic) bond motifs is 1. The second-order valence-corrected chi connectivity index (χ2v) is 7.68. The van der Waals surface area contributed by atoms with Gasteiger partial charge in [-0.05, 0) is 35.2 Å². The molecule has 0 spiro atoms. The normalized spacial score (nSPS) is 13.4. The molecule has 0 bridgehead atoms. The molecule has 6 nitrogen and oxygen atoms in total. The monoisotopic (exact) mass is 445 g/mol. The molecule has 0 atom stereocenters. The highest BCUT2D eigenvalue weighted by molar-refractivity contribution is 7.99. The maximum Gasteiger partial charge on any atom is 0.251 e. The number of carbonyl (C=O) groups is 2. The van der Waals surface area contributed by atoms with Gasteiger partial charge < -0.3 is 10.1 Å². The Morgan fingerprint density at radius 1 is 1.23 bits per heavy atom. The van der Waals surface area contributed by atoms with Crippen LogP contribution in [0, 0.1) is 5.82 Å². The van der Waals surface area contributed by atoms with Crippen molar-refractivity contribution in [2.75, 3.05) is 22.0 Å². The van der Waals surface area contributed by atoms with Gasteiger partial charge in [-0.1, -0.05) is 30.3 Å². The van der Waals surface area contributed by atoms with Crippen LogP contribution in [0.3, 0.4) is 0 Å². The average Bonchev–Trinajstić information content (AvgIpc) is 3.18. The zero-order valence-corrected chi connectivity index (χ0v) is 17.2. The minimum Gasteiger partial charge on any atom is -0.487 e. The van der Waals surface area contributed by atoms with Crippen LogP contribution in [0.4, 0.5) is 15.8 Å². The molecule has 3 aromatic carbocycles. The fourth-order valence-corrected chi connectivity index (χ4v) is 3.89. The minimum atomic E-state index is -0.505. The van der Waals surface area contributed by atoms with Crippen LogP contribution < -0.4 is 19.1 Å². The second-order valence-electron chi connectivity index (χ2n) is 6.58. The number of amides is 2. The number of alkyl halides is 1. The van der Waals surface area contributed by atoms with Crippen LogP contribution in [0.1, 0.15) is 5.56 Å². The summed E-state index contributed by atoms with van der Waals surface area (Å²) in [4.78, 5) is 23.3. The molecule has 30 heavy (non-hydrogen) atoms. The van der Waals surface area contributed by atoms with Gasteiger partial charge in [0.1, 0.15) is 30.5 Å². The average molecular weight is 446 g/mol.